The van der Waals surface area contributed by atoms with E-state index < -0.39 is 18.0 Å². The largest absolute Gasteiger partial charge is 0.480 e. The number of carbonyl (C=O) groups is 2. The highest BCUT2D eigenvalue weighted by Gasteiger charge is 2.40. The van der Waals surface area contributed by atoms with Gasteiger partial charge in [-0.25, -0.2) is 0 Å². The Labute approximate surface area is 357 Å². The third-order valence-electron chi connectivity index (χ3n) is 9.03. The van der Waals surface area contributed by atoms with E-state index in [0.717, 1.165) is 77.0 Å². The Morgan fingerprint density at radius 2 is 0.897 bits per heavy atom. The SMILES string of the molecule is CCCCCC#CC(O)C(C#CCCCCCC)C(=O)O.CCCCCC#CC1OC(=O)C1C#CCCCCCC.CCCCCC#CC=CC#CCCCCCC. The highest BCUT2D eigenvalue weighted by Crippen LogP contribution is 2.21. The lowest BCUT2D eigenvalue weighted by atomic mass is 9.97. The van der Waals surface area contributed by atoms with E-state index >= 15 is 0 Å². The molecule has 0 aromatic heterocycles. The fourth-order valence-corrected chi connectivity index (χ4v) is 5.29. The normalized spacial score (nSPS) is 14.2. The summed E-state index contributed by atoms with van der Waals surface area (Å²) >= 11 is 0. The number of unbranched alkanes of at least 4 members (excludes halogenated alkanes) is 21. The fourth-order valence-electron chi connectivity index (χ4n) is 5.29. The van der Waals surface area contributed by atoms with Crippen LogP contribution in [0.15, 0.2) is 12.2 Å². The molecular formula is C53H80O5. The Kier molecular flexibility index (Phi) is 44.2. The molecule has 0 radical (unpaired) electrons. The van der Waals surface area contributed by atoms with Crippen LogP contribution in [0.5, 0.6) is 0 Å². The second kappa shape index (κ2) is 45.7. The summed E-state index contributed by atoms with van der Waals surface area (Å²) in [5.74, 6) is 32.8. The molecule has 0 aromatic carbocycles. The van der Waals surface area contributed by atoms with Gasteiger partial charge in [-0.2, -0.15) is 0 Å². The number of hydrogen-bond donors (Lipinski definition) is 2. The number of carboxylic acid groups (broad SMARTS) is 1. The number of aliphatic hydroxyl groups excluding tert-OH is 1. The average Bonchev–Trinajstić information content (AvgIpc) is 3.21. The van der Waals surface area contributed by atoms with Gasteiger partial charge in [-0.15, -0.1) is 17.8 Å². The van der Waals surface area contributed by atoms with Gasteiger partial charge in [0.05, 0.1) is 0 Å². The zero-order valence-electron chi connectivity index (χ0n) is 37.7. The Morgan fingerprint density at radius 1 is 0.534 bits per heavy atom. The lowest BCUT2D eigenvalue weighted by Crippen LogP contribution is -2.43. The molecule has 4 unspecified atom stereocenters. The Hall–Kier alpha value is -4.00. The molecule has 1 aliphatic rings. The summed E-state index contributed by atoms with van der Waals surface area (Å²) in [5.41, 5.74) is 0. The topological polar surface area (TPSA) is 83.8 Å². The van der Waals surface area contributed by atoms with Gasteiger partial charge in [-0.05, 0) is 50.7 Å². The number of cyclic esters (lactones) is 1. The third kappa shape index (κ3) is 37.6. The Bertz CT molecular complexity index is 1440. The van der Waals surface area contributed by atoms with E-state index in [1.54, 1.807) is 0 Å². The number of rotatable bonds is 23. The van der Waals surface area contributed by atoms with Gasteiger partial charge in [0.25, 0.3) is 0 Å². The molecule has 0 spiro atoms. The van der Waals surface area contributed by atoms with Crippen LogP contribution in [0.2, 0.25) is 0 Å². The summed E-state index contributed by atoms with van der Waals surface area (Å²) in [6, 6.07) is 0. The van der Waals surface area contributed by atoms with Crippen LogP contribution in [-0.2, 0) is 14.3 Å². The molecule has 0 amide bonds. The van der Waals surface area contributed by atoms with E-state index in [0.29, 0.717) is 12.8 Å². The van der Waals surface area contributed by atoms with Gasteiger partial charge in [0.15, 0.2) is 17.9 Å². The van der Waals surface area contributed by atoms with E-state index in [1.165, 1.54) is 83.5 Å². The minimum Gasteiger partial charge on any atom is -0.480 e. The molecule has 0 aromatic rings. The molecular weight excluding hydrogens is 717 g/mol. The summed E-state index contributed by atoms with van der Waals surface area (Å²) in [6.07, 6.45) is 32.4. The van der Waals surface area contributed by atoms with E-state index in [9.17, 15) is 14.7 Å². The van der Waals surface area contributed by atoms with Gasteiger partial charge in [0.2, 0.25) is 0 Å². The summed E-state index contributed by atoms with van der Waals surface area (Å²) in [6.45, 7) is 13.1. The average molecular weight is 797 g/mol. The maximum absolute atomic E-state index is 11.3. The highest BCUT2D eigenvalue weighted by atomic mass is 16.6. The number of allylic oxidation sites excluding steroid dienone is 2. The standard InChI is InChI=1S/C18H28O3.C18H26O2.C17H26/c1-3-5-7-9-11-12-14-16(18(20)21)17(19)15-13-10-8-6-4-2;1-3-5-7-9-11-12-14-16-17(20-18(16)19)15-13-10-8-6-4-2;1-3-5-7-9-11-13-15-17-16-14-12-10-8-6-4-2/h16-17,19H,3-11H2,1-2H3,(H,20,21);16-17H,3-11H2,1-2H3;16-17H,3-11H2,1-2H3. The van der Waals surface area contributed by atoms with E-state index in [2.05, 4.69) is 113 Å². The van der Waals surface area contributed by atoms with E-state index in [-0.39, 0.29) is 18.0 Å². The first-order valence-corrected chi connectivity index (χ1v) is 23.0. The van der Waals surface area contributed by atoms with E-state index in [4.69, 9.17) is 9.84 Å². The number of esters is 1. The highest BCUT2D eigenvalue weighted by molar-refractivity contribution is 5.83. The van der Waals surface area contributed by atoms with Crippen molar-refractivity contribution in [3.05, 3.63) is 12.2 Å². The predicted octanol–water partition coefficient (Wildman–Crippen LogP) is 12.8. The molecule has 5 heteroatoms. The van der Waals surface area contributed by atoms with Crippen molar-refractivity contribution in [2.45, 2.75) is 227 Å². The number of aliphatic hydroxyl groups is 1. The van der Waals surface area contributed by atoms with E-state index in [1.807, 2.05) is 12.2 Å². The van der Waals surface area contributed by atoms with Crippen LogP contribution < -0.4 is 0 Å². The molecule has 1 fully saturated rings. The number of hydrogen-bond acceptors (Lipinski definition) is 4. The molecule has 58 heavy (non-hydrogen) atoms. The molecule has 1 heterocycles. The maximum Gasteiger partial charge on any atom is 0.327 e. The van der Waals surface area contributed by atoms with Gasteiger partial charge in [0, 0.05) is 38.5 Å². The van der Waals surface area contributed by atoms with Crippen LogP contribution in [0.25, 0.3) is 0 Å². The van der Waals surface area contributed by atoms with Gasteiger partial charge in [-0.3, -0.25) is 9.59 Å². The first-order chi connectivity index (χ1) is 28.3. The van der Waals surface area contributed by atoms with Crippen molar-refractivity contribution in [2.24, 2.45) is 11.8 Å². The van der Waals surface area contributed by atoms with Crippen LogP contribution in [-0.4, -0.2) is 34.4 Å². The lowest BCUT2D eigenvalue weighted by molar-refractivity contribution is -0.171. The predicted molar refractivity (Wildman–Crippen MR) is 245 cm³/mol. The van der Waals surface area contributed by atoms with Crippen LogP contribution in [0.3, 0.4) is 0 Å². The lowest BCUT2D eigenvalue weighted by Gasteiger charge is -2.27. The molecule has 5 nitrogen and oxygen atoms in total. The number of carbonyl (C=O) groups excluding carboxylic acids is 1. The first kappa shape index (κ1) is 56.1. The molecule has 1 saturated heterocycles. The van der Waals surface area contributed by atoms with Crippen molar-refractivity contribution < 1.29 is 24.5 Å². The minimum absolute atomic E-state index is 0.209. The van der Waals surface area contributed by atoms with Crippen LogP contribution in [0.4, 0.5) is 0 Å². The number of carboxylic acids is 1. The molecule has 0 saturated carbocycles. The molecule has 1 rings (SSSR count). The zero-order chi connectivity index (χ0) is 43.2. The van der Waals surface area contributed by atoms with Gasteiger partial charge < -0.3 is 14.9 Å². The monoisotopic (exact) mass is 797 g/mol. The first-order valence-electron chi connectivity index (χ1n) is 23.0. The fraction of sp³-hybridized carbons (Fsp3) is 0.698. The van der Waals surface area contributed by atoms with Crippen LogP contribution in [0, 0.1) is 82.9 Å². The van der Waals surface area contributed by atoms with Crippen molar-refractivity contribution in [2.75, 3.05) is 0 Å². The van der Waals surface area contributed by atoms with Crippen LogP contribution in [0.1, 0.15) is 215 Å². The second-order valence-electron chi connectivity index (χ2n) is 14.7. The van der Waals surface area contributed by atoms with Gasteiger partial charge >= 0.3 is 11.9 Å². The second-order valence-corrected chi connectivity index (χ2v) is 14.7. The van der Waals surface area contributed by atoms with Crippen molar-refractivity contribution in [3.8, 4) is 71.0 Å². The number of ether oxygens (including phenoxy) is 1. The maximum atomic E-state index is 11.3. The summed E-state index contributed by atoms with van der Waals surface area (Å²) < 4.78 is 5.04. The van der Waals surface area contributed by atoms with Crippen LogP contribution >= 0.6 is 0 Å². The van der Waals surface area contributed by atoms with Crippen molar-refractivity contribution in [1.82, 2.24) is 0 Å². The van der Waals surface area contributed by atoms with Crippen molar-refractivity contribution in [1.29, 1.82) is 0 Å². The van der Waals surface area contributed by atoms with Gasteiger partial charge in [0.1, 0.15) is 6.10 Å². The molecule has 0 aliphatic carbocycles. The number of aliphatic carboxylic acids is 1. The molecule has 0 bridgehead atoms. The van der Waals surface area contributed by atoms with Crippen molar-refractivity contribution in [3.63, 3.8) is 0 Å². The minimum atomic E-state index is -1.20. The third-order valence-corrected chi connectivity index (χ3v) is 9.03. The van der Waals surface area contributed by atoms with Crippen molar-refractivity contribution >= 4 is 11.9 Å². The molecule has 4 atom stereocenters. The Morgan fingerprint density at radius 3 is 1.31 bits per heavy atom. The summed E-state index contributed by atoms with van der Waals surface area (Å²) in [5, 5.41) is 18.9. The van der Waals surface area contributed by atoms with Gasteiger partial charge in [-0.1, -0.05) is 191 Å². The summed E-state index contributed by atoms with van der Waals surface area (Å²) in [7, 11) is 0. The molecule has 2 N–H and O–H groups in total. The zero-order valence-corrected chi connectivity index (χ0v) is 37.7. The molecule has 1 aliphatic heterocycles. The smallest absolute Gasteiger partial charge is 0.327 e. The Balaban J connectivity index is 0. The molecule has 322 valence electrons. The quantitative estimate of drug-likeness (QED) is 0.0611. The summed E-state index contributed by atoms with van der Waals surface area (Å²) in [4.78, 5) is 22.5.